The van der Waals surface area contributed by atoms with Gasteiger partial charge in [-0.2, -0.15) is 11.8 Å². The molecule has 0 fully saturated rings. The summed E-state index contributed by atoms with van der Waals surface area (Å²) in [6.07, 6.45) is 2.70. The van der Waals surface area contributed by atoms with E-state index in [1.54, 1.807) is 0 Å². The van der Waals surface area contributed by atoms with Gasteiger partial charge in [-0.15, -0.1) is 0 Å². The van der Waals surface area contributed by atoms with E-state index in [1.807, 2.05) is 11.8 Å². The van der Waals surface area contributed by atoms with Crippen molar-refractivity contribution in [3.63, 3.8) is 0 Å². The van der Waals surface area contributed by atoms with Gasteiger partial charge in [0.15, 0.2) is 0 Å². The minimum absolute atomic E-state index is 1.11. The van der Waals surface area contributed by atoms with Crippen molar-refractivity contribution >= 4 is 11.8 Å². The molecule has 0 amide bonds. The fourth-order valence-electron chi connectivity index (χ4n) is 0.775. The van der Waals surface area contributed by atoms with E-state index < -0.39 is 0 Å². The van der Waals surface area contributed by atoms with Crippen molar-refractivity contribution in [3.8, 4) is 0 Å². The molecule has 0 aliphatic rings. The highest BCUT2D eigenvalue weighted by Gasteiger charge is 1.86. The van der Waals surface area contributed by atoms with Gasteiger partial charge in [0, 0.05) is 0 Å². The molecule has 10 heavy (non-hydrogen) atoms. The van der Waals surface area contributed by atoms with Crippen molar-refractivity contribution in [1.82, 2.24) is 5.32 Å². The van der Waals surface area contributed by atoms with Gasteiger partial charge in [-0.25, -0.2) is 0 Å². The van der Waals surface area contributed by atoms with Gasteiger partial charge in [0.25, 0.3) is 0 Å². The predicted molar refractivity (Wildman–Crippen MR) is 50.8 cm³/mol. The Morgan fingerprint density at radius 1 is 1.20 bits per heavy atom. The molecule has 0 spiro atoms. The first kappa shape index (κ1) is 10.3. The Balaban J connectivity index is 2.65. The smallest absolute Gasteiger partial charge is 0.00487 e. The summed E-state index contributed by atoms with van der Waals surface area (Å²) in [6, 6.07) is 0. The van der Waals surface area contributed by atoms with Gasteiger partial charge in [-0.05, 0) is 37.4 Å². The van der Waals surface area contributed by atoms with Crippen molar-refractivity contribution in [1.29, 1.82) is 0 Å². The second-order valence-corrected chi connectivity index (χ2v) is 3.65. The van der Waals surface area contributed by atoms with E-state index >= 15 is 0 Å². The Morgan fingerprint density at radius 2 is 2.00 bits per heavy atom. The zero-order valence-corrected chi connectivity index (χ0v) is 7.97. The Morgan fingerprint density at radius 3 is 2.60 bits per heavy atom. The van der Waals surface area contributed by atoms with Gasteiger partial charge < -0.3 is 5.32 Å². The van der Waals surface area contributed by atoms with Crippen LogP contribution >= 0.6 is 11.8 Å². The molecule has 0 aliphatic carbocycles. The molecule has 62 valence electrons. The maximum Gasteiger partial charge on any atom is -0.00487 e. The monoisotopic (exact) mass is 161 g/mol. The summed E-state index contributed by atoms with van der Waals surface area (Å²) in [5, 5.41) is 3.32. The van der Waals surface area contributed by atoms with Crippen LogP contribution in [0, 0.1) is 0 Å². The maximum atomic E-state index is 3.32. The van der Waals surface area contributed by atoms with Gasteiger partial charge in [0.1, 0.15) is 0 Å². The number of hydrogen-bond acceptors (Lipinski definition) is 2. The molecule has 2 heteroatoms. The molecule has 0 aromatic rings. The van der Waals surface area contributed by atoms with Crippen LogP contribution in [0.1, 0.15) is 26.7 Å². The second-order valence-electron chi connectivity index (χ2n) is 2.26. The molecule has 0 aromatic carbocycles. The number of nitrogens with one attached hydrogen (secondary N) is 1. The van der Waals surface area contributed by atoms with Crippen LogP contribution in [-0.4, -0.2) is 24.6 Å². The van der Waals surface area contributed by atoms with Crippen LogP contribution in [0.15, 0.2) is 0 Å². The van der Waals surface area contributed by atoms with E-state index in [2.05, 4.69) is 19.2 Å². The summed E-state index contributed by atoms with van der Waals surface area (Å²) in [6.45, 7) is 6.68. The number of rotatable bonds is 7. The third-order valence-corrected chi connectivity index (χ3v) is 2.33. The van der Waals surface area contributed by atoms with Gasteiger partial charge in [-0.1, -0.05) is 13.8 Å². The summed E-state index contributed by atoms with van der Waals surface area (Å²) in [4.78, 5) is 0. The summed E-state index contributed by atoms with van der Waals surface area (Å²) < 4.78 is 0. The highest BCUT2D eigenvalue weighted by atomic mass is 32.2. The summed E-state index contributed by atoms with van der Waals surface area (Å²) >= 11 is 2.04. The second kappa shape index (κ2) is 9.31. The lowest BCUT2D eigenvalue weighted by Gasteiger charge is -1.99. The third kappa shape index (κ3) is 8.31. The Hall–Kier alpha value is 0.310. The molecule has 0 radical (unpaired) electrons. The first-order chi connectivity index (χ1) is 4.91. The maximum absolute atomic E-state index is 3.32. The summed E-state index contributed by atoms with van der Waals surface area (Å²) in [5.41, 5.74) is 0. The highest BCUT2D eigenvalue weighted by molar-refractivity contribution is 7.99. The molecule has 0 unspecified atom stereocenters. The number of thioether (sulfide) groups is 1. The van der Waals surface area contributed by atoms with Crippen molar-refractivity contribution in [2.45, 2.75) is 26.7 Å². The Kier molecular flexibility index (Phi) is 9.60. The van der Waals surface area contributed by atoms with Crippen molar-refractivity contribution in [2.75, 3.05) is 24.6 Å². The normalized spacial score (nSPS) is 10.2. The lowest BCUT2D eigenvalue weighted by molar-refractivity contribution is 0.666. The summed E-state index contributed by atoms with van der Waals surface area (Å²) in [7, 11) is 0. The van der Waals surface area contributed by atoms with Crippen LogP contribution in [0.25, 0.3) is 0 Å². The van der Waals surface area contributed by atoms with Crippen LogP contribution in [0.4, 0.5) is 0 Å². The lowest BCUT2D eigenvalue weighted by Crippen LogP contribution is -2.13. The van der Waals surface area contributed by atoms with Gasteiger partial charge in [0.05, 0.1) is 0 Å². The fourth-order valence-corrected chi connectivity index (χ4v) is 1.47. The Labute approximate surface area is 69.0 Å². The Bertz CT molecular complexity index is 49.2. The molecule has 0 rings (SSSR count). The largest absolute Gasteiger partial charge is 0.317 e. The quantitative estimate of drug-likeness (QED) is 0.574. The molecule has 0 saturated carbocycles. The average molecular weight is 161 g/mol. The van der Waals surface area contributed by atoms with E-state index in [0.717, 1.165) is 6.54 Å². The third-order valence-electron chi connectivity index (χ3n) is 1.35. The van der Waals surface area contributed by atoms with Gasteiger partial charge >= 0.3 is 0 Å². The number of hydrogen-bond donors (Lipinski definition) is 1. The average Bonchev–Trinajstić information content (AvgIpc) is 1.97. The molecule has 0 atom stereocenters. The molecular formula is C8H19NS. The van der Waals surface area contributed by atoms with Crippen molar-refractivity contribution in [3.05, 3.63) is 0 Å². The standard InChI is InChI=1S/C8H19NS/c1-3-9-7-5-6-8-10-4-2/h9H,3-8H2,1-2H3. The molecule has 0 aliphatic heterocycles. The van der Waals surface area contributed by atoms with Gasteiger partial charge in [-0.3, -0.25) is 0 Å². The lowest BCUT2D eigenvalue weighted by atomic mass is 10.3. The minimum Gasteiger partial charge on any atom is -0.317 e. The van der Waals surface area contributed by atoms with Crippen LogP contribution in [0.5, 0.6) is 0 Å². The zero-order valence-electron chi connectivity index (χ0n) is 7.15. The molecule has 1 nitrogen and oxygen atoms in total. The number of unbranched alkanes of at least 4 members (excludes halogenated alkanes) is 1. The SMILES string of the molecule is CCNCCCCSCC. The van der Waals surface area contributed by atoms with E-state index in [-0.39, 0.29) is 0 Å². The molecular weight excluding hydrogens is 142 g/mol. The molecule has 0 heterocycles. The first-order valence-electron chi connectivity index (χ1n) is 4.20. The minimum atomic E-state index is 1.11. The topological polar surface area (TPSA) is 12.0 Å². The fraction of sp³-hybridized carbons (Fsp3) is 1.00. The molecule has 1 N–H and O–H groups in total. The molecule has 0 aromatic heterocycles. The highest BCUT2D eigenvalue weighted by Crippen LogP contribution is 2.02. The van der Waals surface area contributed by atoms with Gasteiger partial charge in [0.2, 0.25) is 0 Å². The van der Waals surface area contributed by atoms with E-state index in [4.69, 9.17) is 0 Å². The van der Waals surface area contributed by atoms with Crippen LogP contribution in [0.2, 0.25) is 0 Å². The molecule has 0 saturated heterocycles. The predicted octanol–water partition coefficient (Wildman–Crippen LogP) is 2.13. The van der Waals surface area contributed by atoms with E-state index in [0.29, 0.717) is 0 Å². The van der Waals surface area contributed by atoms with Crippen LogP contribution in [-0.2, 0) is 0 Å². The zero-order chi connectivity index (χ0) is 7.66. The van der Waals surface area contributed by atoms with Crippen LogP contribution < -0.4 is 5.32 Å². The van der Waals surface area contributed by atoms with E-state index in [1.165, 1.54) is 30.9 Å². The first-order valence-corrected chi connectivity index (χ1v) is 5.35. The van der Waals surface area contributed by atoms with E-state index in [9.17, 15) is 0 Å². The molecule has 0 bridgehead atoms. The summed E-state index contributed by atoms with van der Waals surface area (Å²) in [5.74, 6) is 2.60. The van der Waals surface area contributed by atoms with Crippen molar-refractivity contribution in [2.24, 2.45) is 0 Å². The van der Waals surface area contributed by atoms with Crippen LogP contribution in [0.3, 0.4) is 0 Å². The van der Waals surface area contributed by atoms with Crippen molar-refractivity contribution < 1.29 is 0 Å².